The summed E-state index contributed by atoms with van der Waals surface area (Å²) in [6.07, 6.45) is 2.08. The van der Waals surface area contributed by atoms with Crippen LogP contribution in [0.1, 0.15) is 37.4 Å². The lowest BCUT2D eigenvalue weighted by atomic mass is 9.90. The third-order valence-electron chi connectivity index (χ3n) is 3.56. The van der Waals surface area contributed by atoms with E-state index in [9.17, 15) is 0 Å². The third kappa shape index (κ3) is 3.47. The second-order valence-electron chi connectivity index (χ2n) is 4.68. The summed E-state index contributed by atoms with van der Waals surface area (Å²) in [5, 5.41) is 3.21. The number of nitrogens with one attached hydrogen (secondary N) is 1. The van der Waals surface area contributed by atoms with Crippen molar-refractivity contribution in [2.45, 2.75) is 32.7 Å². The first-order valence-electron chi connectivity index (χ1n) is 6.74. The van der Waals surface area contributed by atoms with Gasteiger partial charge in [-0.1, -0.05) is 32.4 Å². The molecule has 0 saturated carbocycles. The Balaban J connectivity index is 3.04. The maximum Gasteiger partial charge on any atom is 0.123 e. The fourth-order valence-electron chi connectivity index (χ4n) is 2.31. The van der Waals surface area contributed by atoms with Crippen LogP contribution in [0.3, 0.4) is 0 Å². The van der Waals surface area contributed by atoms with Crippen LogP contribution in [0.4, 0.5) is 0 Å². The van der Waals surface area contributed by atoms with Crippen molar-refractivity contribution >= 4 is 0 Å². The van der Waals surface area contributed by atoms with Gasteiger partial charge in [-0.3, -0.25) is 0 Å². The van der Waals surface area contributed by atoms with Crippen LogP contribution >= 0.6 is 0 Å². The van der Waals surface area contributed by atoms with Crippen molar-refractivity contribution in [3.8, 4) is 5.75 Å². The van der Waals surface area contributed by atoms with Gasteiger partial charge in [0, 0.05) is 11.6 Å². The topological polar surface area (TPSA) is 47.3 Å². The van der Waals surface area contributed by atoms with Crippen LogP contribution < -0.4 is 15.8 Å². The molecule has 0 heterocycles. The third-order valence-corrected chi connectivity index (χ3v) is 3.56. The molecule has 0 aliphatic heterocycles. The summed E-state index contributed by atoms with van der Waals surface area (Å²) in [5.74, 6) is 1.32. The Hall–Kier alpha value is -1.06. The van der Waals surface area contributed by atoms with Gasteiger partial charge in [-0.25, -0.2) is 0 Å². The molecule has 3 heteroatoms. The highest BCUT2D eigenvalue weighted by atomic mass is 16.5. The van der Waals surface area contributed by atoms with Gasteiger partial charge in [-0.15, -0.1) is 0 Å². The van der Waals surface area contributed by atoms with E-state index in [0.29, 0.717) is 5.92 Å². The predicted molar refractivity (Wildman–Crippen MR) is 77.0 cm³/mol. The molecule has 0 aliphatic carbocycles. The summed E-state index contributed by atoms with van der Waals surface area (Å²) < 4.78 is 5.44. The van der Waals surface area contributed by atoms with Crippen LogP contribution in [0.15, 0.2) is 18.2 Å². The number of hydrogen-bond donors (Lipinski definition) is 2. The second-order valence-corrected chi connectivity index (χ2v) is 4.68. The van der Waals surface area contributed by atoms with Crippen molar-refractivity contribution in [2.75, 3.05) is 20.7 Å². The van der Waals surface area contributed by atoms with Crippen molar-refractivity contribution in [1.29, 1.82) is 0 Å². The molecule has 102 valence electrons. The molecule has 2 unspecified atom stereocenters. The van der Waals surface area contributed by atoms with Crippen LogP contribution in [0.2, 0.25) is 0 Å². The Labute approximate surface area is 111 Å². The van der Waals surface area contributed by atoms with E-state index in [-0.39, 0.29) is 6.04 Å². The molecule has 0 spiro atoms. The molecule has 0 saturated heterocycles. The standard InChI is InChI=1S/C15H26N2O/c1-5-11-7-8-14(18-4)13(9-11)15(16)12(6-2)10-17-3/h7-9,12,15,17H,5-6,10,16H2,1-4H3. The fraction of sp³-hybridized carbons (Fsp3) is 0.600. The van der Waals surface area contributed by atoms with Gasteiger partial charge in [0.15, 0.2) is 0 Å². The Kier molecular flexibility index (Phi) is 6.16. The van der Waals surface area contributed by atoms with Gasteiger partial charge in [0.2, 0.25) is 0 Å². The summed E-state index contributed by atoms with van der Waals surface area (Å²) >= 11 is 0. The van der Waals surface area contributed by atoms with Crippen molar-refractivity contribution in [3.63, 3.8) is 0 Å². The molecule has 3 N–H and O–H groups in total. The van der Waals surface area contributed by atoms with E-state index in [2.05, 4.69) is 31.3 Å². The molecule has 2 atom stereocenters. The van der Waals surface area contributed by atoms with E-state index < -0.39 is 0 Å². The minimum absolute atomic E-state index is 0.0175. The molecule has 18 heavy (non-hydrogen) atoms. The molecule has 1 aromatic carbocycles. The van der Waals surface area contributed by atoms with E-state index in [1.807, 2.05) is 13.1 Å². The van der Waals surface area contributed by atoms with Gasteiger partial charge in [-0.05, 0) is 37.6 Å². The number of nitrogens with two attached hydrogens (primary N) is 1. The molecule has 1 rings (SSSR count). The Bertz CT molecular complexity index is 366. The van der Waals surface area contributed by atoms with E-state index in [0.717, 1.165) is 30.7 Å². The molecule has 0 radical (unpaired) electrons. The molecule has 0 fully saturated rings. The maximum absolute atomic E-state index is 6.42. The predicted octanol–water partition coefficient (Wildman–Crippen LogP) is 2.50. The SMILES string of the molecule is CCc1ccc(OC)c(C(N)C(CC)CNC)c1. The van der Waals surface area contributed by atoms with Crippen LogP contribution in [-0.4, -0.2) is 20.7 Å². The smallest absolute Gasteiger partial charge is 0.123 e. The van der Waals surface area contributed by atoms with E-state index in [4.69, 9.17) is 10.5 Å². The molecular weight excluding hydrogens is 224 g/mol. The zero-order valence-corrected chi connectivity index (χ0v) is 12.0. The summed E-state index contributed by atoms with van der Waals surface area (Å²) in [6, 6.07) is 6.33. The molecule has 1 aromatic rings. The molecule has 0 amide bonds. The average Bonchev–Trinajstić information content (AvgIpc) is 2.43. The van der Waals surface area contributed by atoms with Crippen molar-refractivity contribution in [2.24, 2.45) is 11.7 Å². The Morgan fingerprint density at radius 3 is 2.56 bits per heavy atom. The number of aryl methyl sites for hydroxylation is 1. The van der Waals surface area contributed by atoms with E-state index in [1.54, 1.807) is 7.11 Å². The fourth-order valence-corrected chi connectivity index (χ4v) is 2.31. The minimum Gasteiger partial charge on any atom is -0.496 e. The molecule has 3 nitrogen and oxygen atoms in total. The first kappa shape index (κ1) is 15.0. The molecule has 0 bridgehead atoms. The zero-order valence-electron chi connectivity index (χ0n) is 12.0. The summed E-state index contributed by atoms with van der Waals surface area (Å²) in [6.45, 7) is 5.26. The number of hydrogen-bond acceptors (Lipinski definition) is 3. The maximum atomic E-state index is 6.42. The Morgan fingerprint density at radius 1 is 1.33 bits per heavy atom. The lowest BCUT2D eigenvalue weighted by Gasteiger charge is -2.24. The average molecular weight is 250 g/mol. The Morgan fingerprint density at radius 2 is 2.06 bits per heavy atom. The summed E-state index contributed by atoms with van der Waals surface area (Å²) in [4.78, 5) is 0. The number of ether oxygens (including phenoxy) is 1. The molecule has 0 aromatic heterocycles. The summed E-state index contributed by atoms with van der Waals surface area (Å²) in [7, 11) is 3.67. The van der Waals surface area contributed by atoms with Crippen LogP contribution in [-0.2, 0) is 6.42 Å². The zero-order chi connectivity index (χ0) is 13.5. The van der Waals surface area contributed by atoms with Gasteiger partial charge in [0.25, 0.3) is 0 Å². The van der Waals surface area contributed by atoms with Crippen molar-refractivity contribution in [3.05, 3.63) is 29.3 Å². The van der Waals surface area contributed by atoms with Crippen molar-refractivity contribution < 1.29 is 4.74 Å². The number of methoxy groups -OCH3 is 1. The highest BCUT2D eigenvalue weighted by Crippen LogP contribution is 2.30. The van der Waals surface area contributed by atoms with E-state index in [1.165, 1.54) is 5.56 Å². The van der Waals surface area contributed by atoms with Gasteiger partial charge >= 0.3 is 0 Å². The molecule has 0 aliphatic rings. The normalized spacial score (nSPS) is 14.3. The van der Waals surface area contributed by atoms with Gasteiger partial charge in [-0.2, -0.15) is 0 Å². The lowest BCUT2D eigenvalue weighted by Crippen LogP contribution is -2.29. The minimum atomic E-state index is 0.0175. The summed E-state index contributed by atoms with van der Waals surface area (Å²) in [5.41, 5.74) is 8.85. The highest BCUT2D eigenvalue weighted by Gasteiger charge is 2.20. The van der Waals surface area contributed by atoms with Gasteiger partial charge in [0.05, 0.1) is 7.11 Å². The lowest BCUT2D eigenvalue weighted by molar-refractivity contribution is 0.370. The largest absolute Gasteiger partial charge is 0.496 e. The molecular formula is C15H26N2O. The van der Waals surface area contributed by atoms with Crippen molar-refractivity contribution in [1.82, 2.24) is 5.32 Å². The van der Waals surface area contributed by atoms with Crippen LogP contribution in [0.25, 0.3) is 0 Å². The van der Waals surface area contributed by atoms with Crippen LogP contribution in [0.5, 0.6) is 5.75 Å². The number of rotatable bonds is 7. The first-order valence-corrected chi connectivity index (χ1v) is 6.74. The monoisotopic (exact) mass is 250 g/mol. The van der Waals surface area contributed by atoms with Gasteiger partial charge < -0.3 is 15.8 Å². The quantitative estimate of drug-likeness (QED) is 0.781. The van der Waals surface area contributed by atoms with Crippen LogP contribution in [0, 0.1) is 5.92 Å². The van der Waals surface area contributed by atoms with E-state index >= 15 is 0 Å². The highest BCUT2D eigenvalue weighted by molar-refractivity contribution is 5.39. The number of benzene rings is 1. The van der Waals surface area contributed by atoms with Gasteiger partial charge in [0.1, 0.15) is 5.75 Å². The second kappa shape index (κ2) is 7.39. The first-order chi connectivity index (χ1) is 8.67.